The third kappa shape index (κ3) is 5.07. The molecule has 1 atom stereocenters. The van der Waals surface area contributed by atoms with E-state index in [9.17, 15) is 9.59 Å². The molecule has 0 bridgehead atoms. The number of anilines is 1. The molecule has 1 aliphatic heterocycles. The Morgan fingerprint density at radius 1 is 0.968 bits per heavy atom. The number of ether oxygens (including phenoxy) is 1. The number of benzene rings is 3. The van der Waals surface area contributed by atoms with Crippen LogP contribution in [0.25, 0.3) is 0 Å². The van der Waals surface area contributed by atoms with E-state index in [-0.39, 0.29) is 22.9 Å². The number of hydrogen-bond donors (Lipinski definition) is 2. The van der Waals surface area contributed by atoms with Gasteiger partial charge >= 0.3 is 0 Å². The highest BCUT2D eigenvalue weighted by atomic mass is 35.5. The summed E-state index contributed by atoms with van der Waals surface area (Å²) in [5, 5.41) is 6.42. The van der Waals surface area contributed by atoms with Crippen molar-refractivity contribution in [1.29, 1.82) is 0 Å². The number of rotatable bonds is 5. The van der Waals surface area contributed by atoms with Crippen LogP contribution in [0.4, 0.5) is 5.69 Å². The van der Waals surface area contributed by atoms with Gasteiger partial charge in [-0.25, -0.2) is 0 Å². The number of carbonyl (C=O) groups excluding carboxylic acids is 2. The summed E-state index contributed by atoms with van der Waals surface area (Å²) in [5.41, 5.74) is 3.74. The topological polar surface area (TPSA) is 67.4 Å². The Morgan fingerprint density at radius 2 is 1.74 bits per heavy atom. The van der Waals surface area contributed by atoms with Gasteiger partial charge in [0.05, 0.1) is 17.2 Å². The third-order valence-electron chi connectivity index (χ3n) is 5.12. The molecule has 0 aromatic heterocycles. The molecule has 0 radical (unpaired) electrons. The van der Waals surface area contributed by atoms with Gasteiger partial charge in [-0.15, -0.1) is 0 Å². The number of carbonyl (C=O) groups is 2. The number of fused-ring (bicyclic) bond motifs is 1. The molecule has 0 spiro atoms. The minimum atomic E-state index is -0.355. The summed E-state index contributed by atoms with van der Waals surface area (Å²) in [6.07, 6.45) is 0.728. The number of nitrogens with one attached hydrogen (secondary N) is 2. The van der Waals surface area contributed by atoms with Gasteiger partial charge in [0.15, 0.2) is 0 Å². The van der Waals surface area contributed by atoms with Crippen molar-refractivity contribution in [2.24, 2.45) is 0 Å². The van der Waals surface area contributed by atoms with Crippen molar-refractivity contribution < 1.29 is 14.3 Å². The first-order valence-electron chi connectivity index (χ1n) is 9.85. The SMILES string of the molecule is O=C(NC[C@@H]1OCCc2ccccc21)c1ccc(NC(=O)c2ccc(Cl)cc2Cl)cc1. The summed E-state index contributed by atoms with van der Waals surface area (Å²) >= 11 is 11.9. The van der Waals surface area contributed by atoms with Crippen LogP contribution in [0.3, 0.4) is 0 Å². The van der Waals surface area contributed by atoms with Crippen LogP contribution in [0, 0.1) is 0 Å². The van der Waals surface area contributed by atoms with Crippen LogP contribution in [-0.2, 0) is 11.2 Å². The van der Waals surface area contributed by atoms with E-state index < -0.39 is 0 Å². The molecule has 2 N–H and O–H groups in total. The molecule has 0 saturated carbocycles. The summed E-state index contributed by atoms with van der Waals surface area (Å²) in [4.78, 5) is 25.0. The van der Waals surface area contributed by atoms with Crippen LogP contribution < -0.4 is 10.6 Å². The van der Waals surface area contributed by atoms with Crippen molar-refractivity contribution in [2.45, 2.75) is 12.5 Å². The van der Waals surface area contributed by atoms with Crippen molar-refractivity contribution in [3.8, 4) is 0 Å². The minimum Gasteiger partial charge on any atom is -0.371 e. The molecule has 0 aliphatic carbocycles. The second-order valence-electron chi connectivity index (χ2n) is 7.17. The predicted molar refractivity (Wildman–Crippen MR) is 122 cm³/mol. The highest BCUT2D eigenvalue weighted by Crippen LogP contribution is 2.26. The number of halogens is 2. The lowest BCUT2D eigenvalue weighted by Crippen LogP contribution is -2.31. The van der Waals surface area contributed by atoms with E-state index in [1.54, 1.807) is 36.4 Å². The normalized spacial score (nSPS) is 15.1. The van der Waals surface area contributed by atoms with E-state index in [4.69, 9.17) is 27.9 Å². The Bertz CT molecular complexity index is 1120. The highest BCUT2D eigenvalue weighted by Gasteiger charge is 2.21. The molecule has 2 amide bonds. The van der Waals surface area contributed by atoms with Gasteiger partial charge in [-0.2, -0.15) is 0 Å². The highest BCUT2D eigenvalue weighted by molar-refractivity contribution is 6.37. The molecule has 158 valence electrons. The second-order valence-corrected chi connectivity index (χ2v) is 8.02. The Hall–Kier alpha value is -2.86. The quantitative estimate of drug-likeness (QED) is 0.550. The smallest absolute Gasteiger partial charge is 0.257 e. The molecule has 31 heavy (non-hydrogen) atoms. The summed E-state index contributed by atoms with van der Waals surface area (Å²) in [6, 6.07) is 19.5. The molecular formula is C24H20Cl2N2O3. The van der Waals surface area contributed by atoms with Gasteiger partial charge in [0.1, 0.15) is 6.10 Å². The fourth-order valence-electron chi connectivity index (χ4n) is 3.51. The monoisotopic (exact) mass is 454 g/mol. The minimum absolute atomic E-state index is 0.156. The molecule has 5 nitrogen and oxygen atoms in total. The maximum absolute atomic E-state index is 12.5. The van der Waals surface area contributed by atoms with Gasteiger partial charge in [0.2, 0.25) is 0 Å². The number of amides is 2. The van der Waals surface area contributed by atoms with Gasteiger partial charge < -0.3 is 15.4 Å². The van der Waals surface area contributed by atoms with Crippen molar-refractivity contribution in [2.75, 3.05) is 18.5 Å². The van der Waals surface area contributed by atoms with Crippen LogP contribution in [0.2, 0.25) is 10.0 Å². The predicted octanol–water partition coefficient (Wildman–Crippen LogP) is 5.29. The van der Waals surface area contributed by atoms with Gasteiger partial charge in [-0.05, 0) is 60.0 Å². The van der Waals surface area contributed by atoms with Crippen LogP contribution in [-0.4, -0.2) is 25.0 Å². The lowest BCUT2D eigenvalue weighted by Gasteiger charge is -2.26. The number of hydrogen-bond acceptors (Lipinski definition) is 3. The molecule has 1 aliphatic rings. The third-order valence-corrected chi connectivity index (χ3v) is 5.67. The summed E-state index contributed by atoms with van der Waals surface area (Å²) < 4.78 is 5.83. The summed E-state index contributed by atoms with van der Waals surface area (Å²) in [5.74, 6) is -0.558. The molecule has 7 heteroatoms. The molecule has 4 rings (SSSR count). The van der Waals surface area contributed by atoms with Gasteiger partial charge in [-0.3, -0.25) is 9.59 Å². The summed E-state index contributed by atoms with van der Waals surface area (Å²) in [6.45, 7) is 1.03. The van der Waals surface area contributed by atoms with Gasteiger partial charge in [0.25, 0.3) is 11.8 Å². The van der Waals surface area contributed by atoms with Gasteiger partial charge in [-0.1, -0.05) is 47.5 Å². The zero-order chi connectivity index (χ0) is 21.8. The Labute approximate surface area is 190 Å². The first-order chi connectivity index (χ1) is 15.0. The molecule has 1 heterocycles. The van der Waals surface area contributed by atoms with E-state index in [1.165, 1.54) is 11.6 Å². The summed E-state index contributed by atoms with van der Waals surface area (Å²) in [7, 11) is 0. The van der Waals surface area contributed by atoms with Crippen molar-refractivity contribution in [1.82, 2.24) is 5.32 Å². The van der Waals surface area contributed by atoms with E-state index in [1.807, 2.05) is 18.2 Å². The molecule has 3 aromatic carbocycles. The first kappa shape index (κ1) is 21.4. The maximum Gasteiger partial charge on any atom is 0.257 e. The Balaban J connectivity index is 1.36. The van der Waals surface area contributed by atoms with Crippen LogP contribution in [0.5, 0.6) is 0 Å². The van der Waals surface area contributed by atoms with E-state index in [0.717, 1.165) is 12.0 Å². The Kier molecular flexibility index (Phi) is 6.56. The molecule has 3 aromatic rings. The lowest BCUT2D eigenvalue weighted by atomic mass is 9.97. The lowest BCUT2D eigenvalue weighted by molar-refractivity contribution is 0.0411. The van der Waals surface area contributed by atoms with Crippen molar-refractivity contribution >= 4 is 40.7 Å². The average Bonchev–Trinajstić information content (AvgIpc) is 2.78. The maximum atomic E-state index is 12.5. The van der Waals surface area contributed by atoms with Crippen molar-refractivity contribution in [3.05, 3.63) is 99.0 Å². The molecule has 0 saturated heterocycles. The van der Waals surface area contributed by atoms with E-state index >= 15 is 0 Å². The second kappa shape index (κ2) is 9.52. The Morgan fingerprint density at radius 3 is 2.52 bits per heavy atom. The zero-order valence-electron chi connectivity index (χ0n) is 16.5. The molecule has 0 unspecified atom stereocenters. The van der Waals surface area contributed by atoms with Crippen molar-refractivity contribution in [3.63, 3.8) is 0 Å². The first-order valence-corrected chi connectivity index (χ1v) is 10.6. The van der Waals surface area contributed by atoms with E-state index in [2.05, 4.69) is 16.7 Å². The fraction of sp³-hybridized carbons (Fsp3) is 0.167. The molecule has 0 fully saturated rings. The van der Waals surface area contributed by atoms with Crippen LogP contribution in [0.15, 0.2) is 66.7 Å². The van der Waals surface area contributed by atoms with Crippen LogP contribution in [0.1, 0.15) is 37.9 Å². The largest absolute Gasteiger partial charge is 0.371 e. The fourth-order valence-corrected chi connectivity index (χ4v) is 4.00. The average molecular weight is 455 g/mol. The van der Waals surface area contributed by atoms with E-state index in [0.29, 0.717) is 35.0 Å². The zero-order valence-corrected chi connectivity index (χ0v) is 18.0. The standard InChI is InChI=1S/C24H20Cl2N2O3/c25-17-7-10-20(21(26)13-17)24(30)28-18-8-5-16(6-9-18)23(29)27-14-22-19-4-2-1-3-15(19)11-12-31-22/h1-10,13,22H,11-12,14H2,(H,27,29)(H,28,30)/t22-/m0/s1. The van der Waals surface area contributed by atoms with Gasteiger partial charge in [0, 0.05) is 22.8 Å². The van der Waals surface area contributed by atoms with Crippen LogP contribution >= 0.6 is 23.2 Å². The molecular weight excluding hydrogens is 435 g/mol.